The van der Waals surface area contributed by atoms with Crippen LogP contribution in [0.25, 0.3) is 10.2 Å². The van der Waals surface area contributed by atoms with Gasteiger partial charge in [0, 0.05) is 17.3 Å². The van der Waals surface area contributed by atoms with Crippen molar-refractivity contribution in [3.63, 3.8) is 0 Å². The van der Waals surface area contributed by atoms with Gasteiger partial charge in [-0.25, -0.2) is 4.98 Å². The molecule has 0 bridgehead atoms. The number of nitrogens with zero attached hydrogens (tertiary/aromatic N) is 1. The Labute approximate surface area is 140 Å². The first-order valence-corrected chi connectivity index (χ1v) is 8.15. The largest absolute Gasteiger partial charge is 0.486 e. The predicted molar refractivity (Wildman–Crippen MR) is 90.0 cm³/mol. The first-order valence-electron chi connectivity index (χ1n) is 6.96. The topological polar surface area (TPSA) is 60.5 Å². The van der Waals surface area contributed by atoms with Crippen molar-refractivity contribution in [2.75, 3.05) is 18.5 Å². The molecule has 0 saturated carbocycles. The van der Waals surface area contributed by atoms with Crippen molar-refractivity contribution in [3.05, 3.63) is 46.4 Å². The molecule has 1 aliphatic rings. The lowest BCUT2D eigenvalue weighted by Crippen LogP contribution is -2.16. The van der Waals surface area contributed by atoms with Crippen LogP contribution in [-0.2, 0) is 0 Å². The van der Waals surface area contributed by atoms with Crippen LogP contribution in [0, 0.1) is 0 Å². The molecule has 0 unspecified atom stereocenters. The fourth-order valence-corrected chi connectivity index (χ4v) is 3.38. The van der Waals surface area contributed by atoms with Crippen LogP contribution in [0.15, 0.2) is 36.4 Å². The van der Waals surface area contributed by atoms with Gasteiger partial charge in [0.05, 0.1) is 10.2 Å². The minimum absolute atomic E-state index is 0.215. The van der Waals surface area contributed by atoms with Gasteiger partial charge in [0.15, 0.2) is 16.0 Å². The zero-order valence-electron chi connectivity index (χ0n) is 11.8. The Morgan fingerprint density at radius 3 is 2.83 bits per heavy atom. The zero-order valence-corrected chi connectivity index (χ0v) is 13.4. The number of carbonyl (C=O) groups is 1. The van der Waals surface area contributed by atoms with Crippen LogP contribution in [0.3, 0.4) is 0 Å². The molecule has 0 fully saturated rings. The Kier molecular flexibility index (Phi) is 3.55. The molecule has 0 aliphatic carbocycles. The summed E-state index contributed by atoms with van der Waals surface area (Å²) < 4.78 is 12.4. The van der Waals surface area contributed by atoms with Crippen LogP contribution >= 0.6 is 22.9 Å². The quantitative estimate of drug-likeness (QED) is 0.762. The molecule has 1 aliphatic heterocycles. The molecule has 0 atom stereocenters. The summed E-state index contributed by atoms with van der Waals surface area (Å²) >= 11 is 7.28. The number of amides is 1. The van der Waals surface area contributed by atoms with Gasteiger partial charge in [-0.3, -0.25) is 4.79 Å². The summed E-state index contributed by atoms with van der Waals surface area (Å²) in [4.78, 5) is 16.6. The molecule has 4 rings (SSSR count). The number of hydrogen-bond acceptors (Lipinski definition) is 5. The number of nitrogens with one attached hydrogen (secondary N) is 1. The molecule has 2 aromatic carbocycles. The number of thiazole rings is 1. The highest BCUT2D eigenvalue weighted by molar-refractivity contribution is 7.22. The van der Waals surface area contributed by atoms with Crippen LogP contribution in [0.2, 0.25) is 4.47 Å². The van der Waals surface area contributed by atoms with E-state index in [1.807, 2.05) is 6.07 Å². The monoisotopic (exact) mass is 346 g/mol. The summed E-state index contributed by atoms with van der Waals surface area (Å²) in [5.74, 6) is 1.11. The number of ether oxygens (including phenoxy) is 2. The van der Waals surface area contributed by atoms with E-state index in [1.165, 1.54) is 11.3 Å². The van der Waals surface area contributed by atoms with Gasteiger partial charge >= 0.3 is 0 Å². The number of hydrogen-bond donors (Lipinski definition) is 1. The third-order valence-corrected chi connectivity index (χ3v) is 4.56. The first-order chi connectivity index (χ1) is 11.2. The molecule has 3 aromatic rings. The van der Waals surface area contributed by atoms with E-state index in [9.17, 15) is 4.79 Å². The lowest BCUT2D eigenvalue weighted by Gasteiger charge is -2.19. The van der Waals surface area contributed by atoms with Crippen molar-refractivity contribution in [1.29, 1.82) is 0 Å². The molecular weight excluding hydrogens is 336 g/mol. The molecule has 1 aromatic heterocycles. The Morgan fingerprint density at radius 2 is 1.96 bits per heavy atom. The van der Waals surface area contributed by atoms with Gasteiger partial charge in [-0.15, -0.1) is 11.3 Å². The van der Waals surface area contributed by atoms with Crippen molar-refractivity contribution in [2.45, 2.75) is 0 Å². The van der Waals surface area contributed by atoms with Gasteiger partial charge in [0.2, 0.25) is 0 Å². The molecule has 0 spiro atoms. The Hall–Kier alpha value is -2.31. The van der Waals surface area contributed by atoms with E-state index in [2.05, 4.69) is 10.3 Å². The number of halogens is 1. The molecular formula is C16H11ClN2O3S. The SMILES string of the molecule is O=C(Nc1ccc2c(c1)OCCO2)c1ccc2sc(Cl)nc2c1. The van der Waals surface area contributed by atoms with Gasteiger partial charge < -0.3 is 14.8 Å². The lowest BCUT2D eigenvalue weighted by molar-refractivity contribution is 0.102. The molecule has 5 nitrogen and oxygen atoms in total. The fourth-order valence-electron chi connectivity index (χ4n) is 2.36. The molecule has 1 amide bonds. The number of rotatable bonds is 2. The predicted octanol–water partition coefficient (Wildman–Crippen LogP) is 3.97. The van der Waals surface area contributed by atoms with Crippen molar-refractivity contribution in [3.8, 4) is 11.5 Å². The molecule has 23 heavy (non-hydrogen) atoms. The number of benzene rings is 2. The Bertz CT molecular complexity index is 909. The maximum Gasteiger partial charge on any atom is 0.255 e. The van der Waals surface area contributed by atoms with E-state index in [4.69, 9.17) is 21.1 Å². The van der Waals surface area contributed by atoms with Crippen molar-refractivity contribution >= 4 is 44.7 Å². The summed E-state index contributed by atoms with van der Waals surface area (Å²) in [5.41, 5.74) is 1.89. The van der Waals surface area contributed by atoms with E-state index in [0.717, 1.165) is 10.2 Å². The van der Waals surface area contributed by atoms with E-state index < -0.39 is 0 Å². The van der Waals surface area contributed by atoms with E-state index in [-0.39, 0.29) is 5.91 Å². The van der Waals surface area contributed by atoms with Gasteiger partial charge in [0.1, 0.15) is 13.2 Å². The van der Waals surface area contributed by atoms with Crippen LogP contribution < -0.4 is 14.8 Å². The van der Waals surface area contributed by atoms with Crippen LogP contribution in [-0.4, -0.2) is 24.1 Å². The highest BCUT2D eigenvalue weighted by Gasteiger charge is 2.14. The smallest absolute Gasteiger partial charge is 0.255 e. The standard InChI is InChI=1S/C16H11ClN2O3S/c17-16-19-11-7-9(1-4-14(11)23-16)15(20)18-10-2-3-12-13(8-10)22-6-5-21-12/h1-4,7-8H,5-6H2,(H,18,20). The Balaban J connectivity index is 1.58. The summed E-state index contributed by atoms with van der Waals surface area (Å²) in [5, 5.41) is 2.85. The van der Waals surface area contributed by atoms with Gasteiger partial charge in [-0.1, -0.05) is 11.6 Å². The average molecular weight is 347 g/mol. The van der Waals surface area contributed by atoms with Gasteiger partial charge in [0.25, 0.3) is 5.91 Å². The minimum atomic E-state index is -0.215. The molecule has 116 valence electrons. The normalized spacial score (nSPS) is 13.1. The lowest BCUT2D eigenvalue weighted by atomic mass is 10.2. The van der Waals surface area contributed by atoms with E-state index in [0.29, 0.717) is 40.4 Å². The van der Waals surface area contributed by atoms with Crippen molar-refractivity contribution in [2.24, 2.45) is 0 Å². The minimum Gasteiger partial charge on any atom is -0.486 e. The van der Waals surface area contributed by atoms with Gasteiger partial charge in [-0.2, -0.15) is 0 Å². The maximum absolute atomic E-state index is 12.4. The number of carbonyl (C=O) groups excluding carboxylic acids is 1. The third kappa shape index (κ3) is 2.83. The van der Waals surface area contributed by atoms with Crippen LogP contribution in [0.1, 0.15) is 10.4 Å². The number of anilines is 1. The second-order valence-electron chi connectivity index (χ2n) is 4.96. The summed E-state index contributed by atoms with van der Waals surface area (Å²) in [7, 11) is 0. The van der Waals surface area contributed by atoms with Crippen LogP contribution in [0.5, 0.6) is 11.5 Å². The van der Waals surface area contributed by atoms with E-state index in [1.54, 1.807) is 30.3 Å². The third-order valence-electron chi connectivity index (χ3n) is 3.42. The zero-order chi connectivity index (χ0) is 15.8. The summed E-state index contributed by atoms with van der Waals surface area (Å²) in [6, 6.07) is 10.6. The summed E-state index contributed by atoms with van der Waals surface area (Å²) in [6.45, 7) is 1.04. The molecule has 1 N–H and O–H groups in total. The highest BCUT2D eigenvalue weighted by atomic mass is 35.5. The summed E-state index contributed by atoms with van der Waals surface area (Å²) in [6.07, 6.45) is 0. The maximum atomic E-state index is 12.4. The number of aromatic nitrogens is 1. The van der Waals surface area contributed by atoms with Crippen molar-refractivity contribution in [1.82, 2.24) is 4.98 Å². The second-order valence-corrected chi connectivity index (χ2v) is 6.57. The van der Waals surface area contributed by atoms with E-state index >= 15 is 0 Å². The van der Waals surface area contributed by atoms with Gasteiger partial charge in [-0.05, 0) is 30.3 Å². The second kappa shape index (κ2) is 5.72. The fraction of sp³-hybridized carbons (Fsp3) is 0.125. The van der Waals surface area contributed by atoms with Crippen LogP contribution in [0.4, 0.5) is 5.69 Å². The Morgan fingerprint density at radius 1 is 1.13 bits per heavy atom. The molecule has 0 radical (unpaired) electrons. The molecule has 7 heteroatoms. The number of fused-ring (bicyclic) bond motifs is 2. The van der Waals surface area contributed by atoms with Crippen molar-refractivity contribution < 1.29 is 14.3 Å². The molecule has 2 heterocycles. The first kappa shape index (κ1) is 14.3. The average Bonchev–Trinajstić information content (AvgIpc) is 2.93. The molecule has 0 saturated heterocycles. The highest BCUT2D eigenvalue weighted by Crippen LogP contribution is 2.33.